The number of hydrogen-bond donors (Lipinski definition) is 1. The molecule has 2 amide bonds. The summed E-state index contributed by atoms with van der Waals surface area (Å²) >= 11 is 0. The minimum atomic E-state index is -0.0923. The molecule has 7 nitrogen and oxygen atoms in total. The van der Waals surface area contributed by atoms with Crippen LogP contribution in [0.1, 0.15) is 310 Å². The Hall–Kier alpha value is -1.18. The van der Waals surface area contributed by atoms with Gasteiger partial charge in [0.05, 0.1) is 25.2 Å². The van der Waals surface area contributed by atoms with E-state index in [9.17, 15) is 14.7 Å². The number of ether oxygens (including phenoxy) is 1. The van der Waals surface area contributed by atoms with Crippen LogP contribution in [0.3, 0.4) is 0 Å². The lowest BCUT2D eigenvalue weighted by Crippen LogP contribution is -2.53. The standard InChI is InChI=1S/C61H121N3O4/c1-5-9-13-17-21-25-35-43-51-63(52-44-36-26-22-18-14-10-6-2)59(66)47-39-31-29-33-41-49-62(55-61(56-65)57-68-58-61)50-42-34-30-32-40-48-60(67)64(53-45-37-27-23-19-15-11-7-3)54-46-38-28-24-20-16-12-8-4/h65H,5-58H2,1-4H3. The number of rotatable bonds is 55. The fourth-order valence-corrected chi connectivity index (χ4v) is 10.4. The van der Waals surface area contributed by atoms with Crippen LogP contribution in [0.4, 0.5) is 0 Å². The third-order valence-corrected chi connectivity index (χ3v) is 15.3. The predicted octanol–water partition coefficient (Wildman–Crippen LogP) is 17.2. The van der Waals surface area contributed by atoms with Crippen LogP contribution < -0.4 is 0 Å². The fourth-order valence-electron chi connectivity index (χ4n) is 10.4. The van der Waals surface area contributed by atoms with Crippen LogP contribution in [0.2, 0.25) is 0 Å². The van der Waals surface area contributed by atoms with E-state index < -0.39 is 0 Å². The topological polar surface area (TPSA) is 73.3 Å². The molecule has 1 fully saturated rings. The smallest absolute Gasteiger partial charge is 0.222 e. The maximum absolute atomic E-state index is 13.5. The third kappa shape index (κ3) is 38.5. The third-order valence-electron chi connectivity index (χ3n) is 15.3. The molecule has 0 atom stereocenters. The first-order valence-electron chi connectivity index (χ1n) is 30.9. The Kier molecular flexibility index (Phi) is 47.1. The maximum Gasteiger partial charge on any atom is 0.222 e. The molecule has 1 N–H and O–H groups in total. The molecular formula is C61H121N3O4. The van der Waals surface area contributed by atoms with Crippen LogP contribution in [0, 0.1) is 5.41 Å². The zero-order valence-electron chi connectivity index (χ0n) is 46.7. The maximum atomic E-state index is 13.5. The zero-order chi connectivity index (χ0) is 49.3. The van der Waals surface area contributed by atoms with Gasteiger partial charge in [0.1, 0.15) is 0 Å². The summed E-state index contributed by atoms with van der Waals surface area (Å²) in [5.74, 6) is 0.798. The van der Waals surface area contributed by atoms with E-state index in [0.29, 0.717) is 37.9 Å². The average Bonchev–Trinajstić information content (AvgIpc) is 3.33. The second-order valence-electron chi connectivity index (χ2n) is 22.1. The number of amides is 2. The van der Waals surface area contributed by atoms with Gasteiger partial charge in [-0.05, 0) is 64.5 Å². The highest BCUT2D eigenvalue weighted by atomic mass is 16.5. The Morgan fingerprint density at radius 3 is 0.824 bits per heavy atom. The Bertz CT molecular complexity index is 953. The van der Waals surface area contributed by atoms with Gasteiger partial charge in [-0.15, -0.1) is 0 Å². The van der Waals surface area contributed by atoms with Crippen molar-refractivity contribution in [2.45, 2.75) is 310 Å². The van der Waals surface area contributed by atoms with Crippen LogP contribution in [-0.4, -0.2) is 97.3 Å². The molecule has 7 heteroatoms. The first kappa shape index (κ1) is 64.8. The second kappa shape index (κ2) is 49.4. The van der Waals surface area contributed by atoms with Gasteiger partial charge in [-0.3, -0.25) is 9.59 Å². The molecule has 1 aliphatic rings. The number of aliphatic hydroxyl groups is 1. The number of hydrogen-bond acceptors (Lipinski definition) is 5. The largest absolute Gasteiger partial charge is 0.396 e. The van der Waals surface area contributed by atoms with Crippen molar-refractivity contribution >= 4 is 11.8 Å². The van der Waals surface area contributed by atoms with Gasteiger partial charge in [0.25, 0.3) is 0 Å². The first-order chi connectivity index (χ1) is 33.4. The summed E-state index contributed by atoms with van der Waals surface area (Å²) in [4.78, 5) is 34.0. The number of unbranched alkanes of at least 4 members (excludes halogenated alkanes) is 36. The van der Waals surface area contributed by atoms with E-state index in [2.05, 4.69) is 42.4 Å². The highest BCUT2D eigenvalue weighted by molar-refractivity contribution is 5.76. The summed E-state index contributed by atoms with van der Waals surface area (Å²) in [7, 11) is 0. The van der Waals surface area contributed by atoms with Crippen molar-refractivity contribution < 1.29 is 19.4 Å². The Labute approximate surface area is 425 Å². The normalized spacial score (nSPS) is 13.4. The summed E-state index contributed by atoms with van der Waals surface area (Å²) in [6, 6.07) is 0. The van der Waals surface area contributed by atoms with Crippen LogP contribution in [-0.2, 0) is 14.3 Å². The SMILES string of the molecule is CCCCCCCCCCN(CCCCCCCCCC)C(=O)CCCCCCCN(CCCCCCCC(=O)N(CCCCCCCCCC)CCCCCCCCCC)CC1(CO)COC1. The molecule has 1 rings (SSSR count). The minimum Gasteiger partial charge on any atom is -0.396 e. The Morgan fingerprint density at radius 1 is 0.353 bits per heavy atom. The van der Waals surface area contributed by atoms with E-state index in [-0.39, 0.29) is 12.0 Å². The van der Waals surface area contributed by atoms with E-state index in [0.717, 1.165) is 97.2 Å². The molecule has 0 aromatic heterocycles. The zero-order valence-corrected chi connectivity index (χ0v) is 46.7. The first-order valence-corrected chi connectivity index (χ1v) is 30.9. The summed E-state index contributed by atoms with van der Waals surface area (Å²) in [5.41, 5.74) is -0.0923. The van der Waals surface area contributed by atoms with Gasteiger partial charge >= 0.3 is 0 Å². The molecular weight excluding hydrogens is 839 g/mol. The summed E-state index contributed by atoms with van der Waals surface area (Å²) in [6.45, 7) is 17.6. The number of aliphatic hydroxyl groups excluding tert-OH is 1. The van der Waals surface area contributed by atoms with Gasteiger partial charge < -0.3 is 24.5 Å². The van der Waals surface area contributed by atoms with E-state index in [1.807, 2.05) is 0 Å². The fraction of sp³-hybridized carbons (Fsp3) is 0.967. The molecule has 0 bridgehead atoms. The van der Waals surface area contributed by atoms with E-state index in [1.54, 1.807) is 0 Å². The van der Waals surface area contributed by atoms with Gasteiger partial charge in [-0.1, -0.05) is 246 Å². The number of carbonyl (C=O) groups excluding carboxylic acids is 2. The Morgan fingerprint density at radius 2 is 0.588 bits per heavy atom. The molecule has 0 spiro atoms. The van der Waals surface area contributed by atoms with Crippen molar-refractivity contribution in [2.75, 3.05) is 65.6 Å². The van der Waals surface area contributed by atoms with Gasteiger partial charge in [0.2, 0.25) is 11.8 Å². The summed E-state index contributed by atoms with van der Waals surface area (Å²) in [5, 5.41) is 10.3. The van der Waals surface area contributed by atoms with Gasteiger partial charge in [-0.25, -0.2) is 0 Å². The van der Waals surface area contributed by atoms with Crippen molar-refractivity contribution in [1.82, 2.24) is 14.7 Å². The van der Waals surface area contributed by atoms with Gasteiger partial charge in [-0.2, -0.15) is 0 Å². The quantitative estimate of drug-likeness (QED) is 0.0615. The van der Waals surface area contributed by atoms with Crippen LogP contribution in [0.25, 0.3) is 0 Å². The van der Waals surface area contributed by atoms with Crippen molar-refractivity contribution in [1.29, 1.82) is 0 Å². The van der Waals surface area contributed by atoms with Crippen molar-refractivity contribution in [2.24, 2.45) is 5.41 Å². The van der Waals surface area contributed by atoms with Crippen molar-refractivity contribution in [3.63, 3.8) is 0 Å². The van der Waals surface area contributed by atoms with Gasteiger partial charge in [0, 0.05) is 45.6 Å². The molecule has 68 heavy (non-hydrogen) atoms. The van der Waals surface area contributed by atoms with E-state index in [4.69, 9.17) is 4.74 Å². The predicted molar refractivity (Wildman–Crippen MR) is 296 cm³/mol. The molecule has 0 aromatic carbocycles. The van der Waals surface area contributed by atoms with E-state index in [1.165, 1.54) is 218 Å². The molecule has 0 aromatic rings. The van der Waals surface area contributed by atoms with Crippen LogP contribution in [0.5, 0.6) is 0 Å². The van der Waals surface area contributed by atoms with Crippen LogP contribution >= 0.6 is 0 Å². The minimum absolute atomic E-state index is 0.0923. The lowest BCUT2D eigenvalue weighted by molar-refractivity contribution is -0.148. The molecule has 0 aliphatic carbocycles. The lowest BCUT2D eigenvalue weighted by atomic mass is 9.86. The molecule has 0 saturated carbocycles. The molecule has 1 aliphatic heterocycles. The molecule has 1 saturated heterocycles. The lowest BCUT2D eigenvalue weighted by Gasteiger charge is -2.43. The van der Waals surface area contributed by atoms with Crippen molar-refractivity contribution in [3.05, 3.63) is 0 Å². The van der Waals surface area contributed by atoms with Crippen LogP contribution in [0.15, 0.2) is 0 Å². The highest BCUT2D eigenvalue weighted by Crippen LogP contribution is 2.28. The highest BCUT2D eigenvalue weighted by Gasteiger charge is 2.39. The number of carbonyl (C=O) groups is 2. The van der Waals surface area contributed by atoms with Crippen molar-refractivity contribution in [3.8, 4) is 0 Å². The van der Waals surface area contributed by atoms with E-state index >= 15 is 0 Å². The number of nitrogens with zero attached hydrogens (tertiary/aromatic N) is 3. The summed E-state index contributed by atoms with van der Waals surface area (Å²) < 4.78 is 5.59. The molecule has 404 valence electrons. The molecule has 1 heterocycles. The average molecular weight is 961 g/mol. The molecule has 0 radical (unpaired) electrons. The molecule has 0 unspecified atom stereocenters. The monoisotopic (exact) mass is 960 g/mol. The second-order valence-corrected chi connectivity index (χ2v) is 22.1. The summed E-state index contributed by atoms with van der Waals surface area (Å²) in [6.07, 6.45) is 54.9. The Balaban J connectivity index is 2.44. The van der Waals surface area contributed by atoms with Gasteiger partial charge in [0.15, 0.2) is 0 Å².